The van der Waals surface area contributed by atoms with Crippen LogP contribution in [0.3, 0.4) is 0 Å². The summed E-state index contributed by atoms with van der Waals surface area (Å²) in [6, 6.07) is 4.90. The van der Waals surface area contributed by atoms with Gasteiger partial charge in [-0.2, -0.15) is 5.10 Å². The molecule has 1 fully saturated rings. The van der Waals surface area contributed by atoms with Crippen molar-refractivity contribution in [2.45, 2.75) is 19.4 Å². The molecule has 7 heteroatoms. The quantitative estimate of drug-likeness (QED) is 0.897. The van der Waals surface area contributed by atoms with Gasteiger partial charge in [0.25, 0.3) is 5.56 Å². The lowest BCUT2D eigenvalue weighted by Crippen LogP contribution is -2.36. The standard InChI is InChI=1S/C14H16N4O3/c15-10-8-11(12-4-3-7-21-12)16-18(14(10)20)9-13(19)17-5-1-2-6-17/h3-4,7-8H,1-2,5-6,9,15H2. The second-order valence-electron chi connectivity index (χ2n) is 5.01. The van der Waals surface area contributed by atoms with Crippen LogP contribution in [0.15, 0.2) is 33.7 Å². The molecule has 2 aromatic rings. The molecule has 0 unspecified atom stereocenters. The summed E-state index contributed by atoms with van der Waals surface area (Å²) in [6.45, 7) is 1.37. The van der Waals surface area contributed by atoms with E-state index in [1.165, 1.54) is 12.3 Å². The van der Waals surface area contributed by atoms with Gasteiger partial charge in [-0.1, -0.05) is 0 Å². The smallest absolute Gasteiger partial charge is 0.290 e. The Bertz CT molecular complexity index is 700. The number of nitrogens with two attached hydrogens (primary N) is 1. The summed E-state index contributed by atoms with van der Waals surface area (Å²) < 4.78 is 6.35. The average Bonchev–Trinajstić information content (AvgIpc) is 3.15. The van der Waals surface area contributed by atoms with E-state index in [4.69, 9.17) is 10.2 Å². The first-order valence-electron chi connectivity index (χ1n) is 6.84. The van der Waals surface area contributed by atoms with E-state index < -0.39 is 5.56 Å². The Balaban J connectivity index is 1.90. The zero-order valence-electron chi connectivity index (χ0n) is 11.5. The summed E-state index contributed by atoms with van der Waals surface area (Å²) in [7, 11) is 0. The summed E-state index contributed by atoms with van der Waals surface area (Å²) in [4.78, 5) is 25.9. The number of anilines is 1. The van der Waals surface area contributed by atoms with E-state index in [0.29, 0.717) is 11.5 Å². The Morgan fingerprint density at radius 2 is 2.14 bits per heavy atom. The molecule has 3 heterocycles. The minimum atomic E-state index is -0.460. The van der Waals surface area contributed by atoms with Gasteiger partial charge < -0.3 is 15.1 Å². The number of furan rings is 1. The van der Waals surface area contributed by atoms with Gasteiger partial charge in [0.15, 0.2) is 5.76 Å². The van der Waals surface area contributed by atoms with Crippen LogP contribution in [-0.4, -0.2) is 33.7 Å². The van der Waals surface area contributed by atoms with Crippen LogP contribution in [-0.2, 0) is 11.3 Å². The topological polar surface area (TPSA) is 94.4 Å². The molecule has 0 aromatic carbocycles. The highest BCUT2D eigenvalue weighted by Crippen LogP contribution is 2.17. The second-order valence-corrected chi connectivity index (χ2v) is 5.01. The fourth-order valence-electron chi connectivity index (χ4n) is 2.41. The number of nitrogen functional groups attached to an aromatic ring is 1. The Hall–Kier alpha value is -2.57. The molecule has 0 saturated carbocycles. The van der Waals surface area contributed by atoms with Crippen LogP contribution >= 0.6 is 0 Å². The molecule has 1 amide bonds. The van der Waals surface area contributed by atoms with Crippen molar-refractivity contribution in [2.75, 3.05) is 18.8 Å². The van der Waals surface area contributed by atoms with Crippen LogP contribution in [0.1, 0.15) is 12.8 Å². The fourth-order valence-corrected chi connectivity index (χ4v) is 2.41. The number of hydrogen-bond acceptors (Lipinski definition) is 5. The number of rotatable bonds is 3. The van der Waals surface area contributed by atoms with E-state index in [1.54, 1.807) is 17.0 Å². The lowest BCUT2D eigenvalue weighted by atomic mass is 10.3. The molecular weight excluding hydrogens is 272 g/mol. The van der Waals surface area contributed by atoms with Gasteiger partial charge in [-0.25, -0.2) is 4.68 Å². The van der Waals surface area contributed by atoms with Crippen molar-refractivity contribution in [2.24, 2.45) is 0 Å². The van der Waals surface area contributed by atoms with Gasteiger partial charge in [0.05, 0.1) is 6.26 Å². The molecule has 2 aromatic heterocycles. The third-order valence-corrected chi connectivity index (χ3v) is 3.52. The van der Waals surface area contributed by atoms with Crippen molar-refractivity contribution >= 4 is 11.6 Å². The van der Waals surface area contributed by atoms with E-state index in [1.807, 2.05) is 0 Å². The third kappa shape index (κ3) is 2.67. The Morgan fingerprint density at radius 3 is 2.81 bits per heavy atom. The summed E-state index contributed by atoms with van der Waals surface area (Å²) >= 11 is 0. The Kier molecular flexibility index (Phi) is 3.47. The first-order chi connectivity index (χ1) is 10.1. The van der Waals surface area contributed by atoms with Crippen molar-refractivity contribution in [1.82, 2.24) is 14.7 Å². The molecule has 0 atom stereocenters. The predicted molar refractivity (Wildman–Crippen MR) is 76.4 cm³/mol. The molecule has 7 nitrogen and oxygen atoms in total. The summed E-state index contributed by atoms with van der Waals surface area (Å²) in [5.41, 5.74) is 5.74. The van der Waals surface area contributed by atoms with Crippen LogP contribution in [0.2, 0.25) is 0 Å². The molecular formula is C14H16N4O3. The largest absolute Gasteiger partial charge is 0.463 e. The molecule has 3 rings (SSSR count). The number of carbonyl (C=O) groups is 1. The molecule has 110 valence electrons. The van der Waals surface area contributed by atoms with Gasteiger partial charge in [0.2, 0.25) is 5.91 Å². The van der Waals surface area contributed by atoms with Crippen LogP contribution in [0, 0.1) is 0 Å². The second kappa shape index (κ2) is 5.43. The number of amides is 1. The molecule has 0 radical (unpaired) electrons. The number of carbonyl (C=O) groups excluding carboxylic acids is 1. The number of hydrogen-bond donors (Lipinski definition) is 1. The lowest BCUT2D eigenvalue weighted by molar-refractivity contribution is -0.131. The highest BCUT2D eigenvalue weighted by atomic mass is 16.3. The molecule has 2 N–H and O–H groups in total. The van der Waals surface area contributed by atoms with Crippen molar-refractivity contribution in [3.05, 3.63) is 34.8 Å². The third-order valence-electron chi connectivity index (χ3n) is 3.52. The van der Waals surface area contributed by atoms with Gasteiger partial charge in [0, 0.05) is 13.1 Å². The van der Waals surface area contributed by atoms with Crippen LogP contribution in [0.5, 0.6) is 0 Å². The maximum Gasteiger partial charge on any atom is 0.290 e. The van der Waals surface area contributed by atoms with Gasteiger partial charge in [0.1, 0.15) is 17.9 Å². The fraction of sp³-hybridized carbons (Fsp3) is 0.357. The van der Waals surface area contributed by atoms with E-state index in [0.717, 1.165) is 30.6 Å². The molecule has 0 bridgehead atoms. The van der Waals surface area contributed by atoms with Crippen LogP contribution < -0.4 is 11.3 Å². The molecule has 0 aliphatic carbocycles. The highest BCUT2D eigenvalue weighted by molar-refractivity contribution is 5.76. The summed E-state index contributed by atoms with van der Waals surface area (Å²) in [5.74, 6) is 0.391. The Morgan fingerprint density at radius 1 is 1.38 bits per heavy atom. The molecule has 0 spiro atoms. The lowest BCUT2D eigenvalue weighted by Gasteiger charge is -2.15. The van der Waals surface area contributed by atoms with Crippen molar-refractivity contribution < 1.29 is 9.21 Å². The monoisotopic (exact) mass is 288 g/mol. The normalized spacial score (nSPS) is 14.6. The maximum absolute atomic E-state index is 12.1. The highest BCUT2D eigenvalue weighted by Gasteiger charge is 2.20. The molecule has 1 aliphatic rings. The van der Waals surface area contributed by atoms with E-state index in [-0.39, 0.29) is 18.1 Å². The number of nitrogens with zero attached hydrogens (tertiary/aromatic N) is 3. The van der Waals surface area contributed by atoms with E-state index in [2.05, 4.69) is 5.10 Å². The first kappa shape index (κ1) is 13.4. The van der Waals surface area contributed by atoms with Crippen molar-refractivity contribution in [3.63, 3.8) is 0 Å². The molecule has 1 saturated heterocycles. The molecule has 21 heavy (non-hydrogen) atoms. The number of likely N-dealkylation sites (tertiary alicyclic amines) is 1. The van der Waals surface area contributed by atoms with Crippen molar-refractivity contribution in [1.29, 1.82) is 0 Å². The van der Waals surface area contributed by atoms with Crippen LogP contribution in [0.25, 0.3) is 11.5 Å². The van der Waals surface area contributed by atoms with Crippen molar-refractivity contribution in [3.8, 4) is 11.5 Å². The summed E-state index contributed by atoms with van der Waals surface area (Å²) in [6.07, 6.45) is 3.52. The van der Waals surface area contributed by atoms with Gasteiger partial charge >= 0.3 is 0 Å². The van der Waals surface area contributed by atoms with Gasteiger partial charge in [-0.3, -0.25) is 9.59 Å². The van der Waals surface area contributed by atoms with E-state index >= 15 is 0 Å². The average molecular weight is 288 g/mol. The van der Waals surface area contributed by atoms with E-state index in [9.17, 15) is 9.59 Å². The SMILES string of the molecule is Nc1cc(-c2ccco2)nn(CC(=O)N2CCCC2)c1=O. The predicted octanol–water partition coefficient (Wildman–Crippen LogP) is 0.708. The minimum absolute atomic E-state index is 0.0469. The molecule has 1 aliphatic heterocycles. The Labute approximate surface area is 121 Å². The minimum Gasteiger partial charge on any atom is -0.463 e. The zero-order chi connectivity index (χ0) is 14.8. The summed E-state index contributed by atoms with van der Waals surface area (Å²) in [5, 5.41) is 4.17. The van der Waals surface area contributed by atoms with Crippen LogP contribution in [0.4, 0.5) is 5.69 Å². The van der Waals surface area contributed by atoms with Gasteiger partial charge in [-0.15, -0.1) is 0 Å². The zero-order valence-corrected chi connectivity index (χ0v) is 11.5. The first-order valence-corrected chi connectivity index (χ1v) is 6.84. The van der Waals surface area contributed by atoms with Gasteiger partial charge in [-0.05, 0) is 31.0 Å². The number of aromatic nitrogens is 2. The maximum atomic E-state index is 12.1.